The highest BCUT2D eigenvalue weighted by Gasteiger charge is 2.32. The standard InChI is InChI=1S/C22H39N5O8/c1-5-12(4)18(22(34)35)27-21(33)14(6-8-16(24)28)26-20(32)15(7-9-17(29)30)25-19(31)13(23)10-11(2)3/h11-15,18H,5-10,23H2,1-4H3,(H2,24,28)(H,25,31)(H,26,32)(H,27,33)(H,29,30)(H,34,35). The molecule has 0 saturated carbocycles. The molecule has 0 bridgehead atoms. The van der Waals surface area contributed by atoms with Crippen molar-refractivity contribution in [1.29, 1.82) is 0 Å². The average Bonchev–Trinajstić information content (AvgIpc) is 2.75. The van der Waals surface area contributed by atoms with Crippen molar-refractivity contribution in [2.75, 3.05) is 0 Å². The van der Waals surface area contributed by atoms with Crippen molar-refractivity contribution in [3.05, 3.63) is 0 Å². The summed E-state index contributed by atoms with van der Waals surface area (Å²) in [4.78, 5) is 72.1. The summed E-state index contributed by atoms with van der Waals surface area (Å²) in [5.41, 5.74) is 11.0. The van der Waals surface area contributed by atoms with Crippen LogP contribution >= 0.6 is 0 Å². The third-order valence-corrected chi connectivity index (χ3v) is 5.43. The topological polar surface area (TPSA) is 231 Å². The molecule has 35 heavy (non-hydrogen) atoms. The van der Waals surface area contributed by atoms with E-state index in [4.69, 9.17) is 16.6 Å². The summed E-state index contributed by atoms with van der Waals surface area (Å²) in [6.07, 6.45) is -0.470. The van der Waals surface area contributed by atoms with Gasteiger partial charge < -0.3 is 37.6 Å². The molecule has 5 atom stereocenters. The molecule has 5 unspecified atom stereocenters. The zero-order valence-electron chi connectivity index (χ0n) is 20.7. The first-order chi connectivity index (χ1) is 16.2. The third-order valence-electron chi connectivity index (χ3n) is 5.43. The molecular weight excluding hydrogens is 462 g/mol. The van der Waals surface area contributed by atoms with Gasteiger partial charge in [0.15, 0.2) is 0 Å². The maximum Gasteiger partial charge on any atom is 0.326 e. The second-order valence-electron chi connectivity index (χ2n) is 9.01. The van der Waals surface area contributed by atoms with Crippen LogP contribution in [-0.2, 0) is 28.8 Å². The van der Waals surface area contributed by atoms with Gasteiger partial charge in [-0.05, 0) is 31.1 Å². The van der Waals surface area contributed by atoms with E-state index in [-0.39, 0.29) is 25.2 Å². The summed E-state index contributed by atoms with van der Waals surface area (Å²) in [7, 11) is 0. The van der Waals surface area contributed by atoms with Crippen LogP contribution in [0.1, 0.15) is 66.2 Å². The Morgan fingerprint density at radius 2 is 1.29 bits per heavy atom. The molecule has 0 aliphatic rings. The smallest absolute Gasteiger partial charge is 0.326 e. The van der Waals surface area contributed by atoms with E-state index in [1.54, 1.807) is 13.8 Å². The Morgan fingerprint density at radius 1 is 0.800 bits per heavy atom. The molecule has 0 aromatic carbocycles. The molecule has 0 aromatic rings. The second kappa shape index (κ2) is 15.6. The van der Waals surface area contributed by atoms with E-state index < -0.39 is 72.1 Å². The molecule has 0 fully saturated rings. The first kappa shape index (κ1) is 31.8. The number of nitrogens with one attached hydrogen (secondary N) is 3. The van der Waals surface area contributed by atoms with Gasteiger partial charge in [0, 0.05) is 12.8 Å². The number of carboxylic acid groups (broad SMARTS) is 2. The Balaban J connectivity index is 5.68. The molecular formula is C22H39N5O8. The van der Waals surface area contributed by atoms with Crippen molar-refractivity contribution in [2.24, 2.45) is 23.3 Å². The Kier molecular flexibility index (Phi) is 14.2. The van der Waals surface area contributed by atoms with Crippen molar-refractivity contribution in [3.8, 4) is 0 Å². The highest BCUT2D eigenvalue weighted by molar-refractivity contribution is 5.94. The lowest BCUT2D eigenvalue weighted by Gasteiger charge is -2.26. The fraction of sp³-hybridized carbons (Fsp3) is 0.727. The van der Waals surface area contributed by atoms with E-state index in [0.29, 0.717) is 12.8 Å². The van der Waals surface area contributed by atoms with Gasteiger partial charge in [-0.2, -0.15) is 0 Å². The Hall–Kier alpha value is -3.22. The van der Waals surface area contributed by atoms with Gasteiger partial charge >= 0.3 is 11.9 Å². The molecule has 0 heterocycles. The van der Waals surface area contributed by atoms with Gasteiger partial charge in [-0.25, -0.2) is 4.79 Å². The summed E-state index contributed by atoms with van der Waals surface area (Å²) in [5.74, 6) is -5.94. The zero-order chi connectivity index (χ0) is 27.3. The molecule has 9 N–H and O–H groups in total. The van der Waals surface area contributed by atoms with Crippen molar-refractivity contribution in [2.45, 2.75) is 90.4 Å². The SMILES string of the molecule is CCC(C)C(NC(=O)C(CCC(N)=O)NC(=O)C(CCC(=O)O)NC(=O)C(N)CC(C)C)C(=O)O. The van der Waals surface area contributed by atoms with Crippen LogP contribution in [0.4, 0.5) is 0 Å². The number of carboxylic acids is 2. The van der Waals surface area contributed by atoms with E-state index in [1.165, 1.54) is 0 Å². The fourth-order valence-corrected chi connectivity index (χ4v) is 3.19. The van der Waals surface area contributed by atoms with E-state index in [1.807, 2.05) is 13.8 Å². The van der Waals surface area contributed by atoms with Gasteiger partial charge in [-0.1, -0.05) is 34.1 Å². The first-order valence-corrected chi connectivity index (χ1v) is 11.6. The van der Waals surface area contributed by atoms with Crippen LogP contribution in [0.2, 0.25) is 0 Å². The highest BCUT2D eigenvalue weighted by atomic mass is 16.4. The van der Waals surface area contributed by atoms with Crippen molar-refractivity contribution in [3.63, 3.8) is 0 Å². The molecule has 13 nitrogen and oxygen atoms in total. The molecule has 0 radical (unpaired) electrons. The number of hydrogen-bond donors (Lipinski definition) is 7. The number of hydrogen-bond acceptors (Lipinski definition) is 7. The number of rotatable bonds is 17. The third kappa shape index (κ3) is 12.7. The molecule has 0 aliphatic heterocycles. The minimum atomic E-state index is -1.35. The van der Waals surface area contributed by atoms with Gasteiger partial charge in [-0.3, -0.25) is 24.0 Å². The number of carbonyl (C=O) groups is 6. The van der Waals surface area contributed by atoms with Gasteiger partial charge in [0.2, 0.25) is 23.6 Å². The monoisotopic (exact) mass is 501 g/mol. The minimum absolute atomic E-state index is 0.0941. The van der Waals surface area contributed by atoms with E-state index in [9.17, 15) is 33.9 Å². The summed E-state index contributed by atoms with van der Waals surface area (Å²) in [6, 6.07) is -4.85. The summed E-state index contributed by atoms with van der Waals surface area (Å²) in [6.45, 7) is 7.09. The molecule has 0 spiro atoms. The molecule has 200 valence electrons. The van der Waals surface area contributed by atoms with Crippen LogP contribution in [0.3, 0.4) is 0 Å². The second-order valence-corrected chi connectivity index (χ2v) is 9.01. The van der Waals surface area contributed by atoms with Crippen molar-refractivity contribution >= 4 is 35.6 Å². The van der Waals surface area contributed by atoms with Crippen LogP contribution in [0.5, 0.6) is 0 Å². The zero-order valence-corrected chi connectivity index (χ0v) is 20.7. The van der Waals surface area contributed by atoms with E-state index >= 15 is 0 Å². The van der Waals surface area contributed by atoms with Gasteiger partial charge in [0.1, 0.15) is 18.1 Å². The van der Waals surface area contributed by atoms with Gasteiger partial charge in [-0.15, -0.1) is 0 Å². The summed E-state index contributed by atoms with van der Waals surface area (Å²) < 4.78 is 0. The quantitative estimate of drug-likeness (QED) is 0.130. The van der Waals surface area contributed by atoms with Crippen molar-refractivity contribution < 1.29 is 39.0 Å². The predicted octanol–water partition coefficient (Wildman–Crippen LogP) is -0.925. The number of amides is 4. The lowest BCUT2D eigenvalue weighted by molar-refractivity contribution is -0.144. The largest absolute Gasteiger partial charge is 0.481 e. The van der Waals surface area contributed by atoms with Crippen LogP contribution in [0.25, 0.3) is 0 Å². The minimum Gasteiger partial charge on any atom is -0.481 e. The van der Waals surface area contributed by atoms with E-state index in [0.717, 1.165) is 0 Å². The van der Waals surface area contributed by atoms with Gasteiger partial charge in [0.25, 0.3) is 0 Å². The number of carbonyl (C=O) groups excluding carboxylic acids is 4. The number of nitrogens with two attached hydrogens (primary N) is 2. The van der Waals surface area contributed by atoms with Crippen LogP contribution < -0.4 is 27.4 Å². The maximum absolute atomic E-state index is 12.9. The average molecular weight is 502 g/mol. The van der Waals surface area contributed by atoms with E-state index in [2.05, 4.69) is 16.0 Å². The van der Waals surface area contributed by atoms with Crippen molar-refractivity contribution in [1.82, 2.24) is 16.0 Å². The molecule has 0 aliphatic carbocycles. The van der Waals surface area contributed by atoms with Crippen LogP contribution in [0, 0.1) is 11.8 Å². The predicted molar refractivity (Wildman–Crippen MR) is 126 cm³/mol. The summed E-state index contributed by atoms with van der Waals surface area (Å²) in [5, 5.41) is 25.6. The number of aliphatic carboxylic acids is 2. The first-order valence-electron chi connectivity index (χ1n) is 11.6. The molecule has 0 rings (SSSR count). The maximum atomic E-state index is 12.9. The molecule has 0 aromatic heterocycles. The van der Waals surface area contributed by atoms with Crippen LogP contribution in [-0.4, -0.2) is 69.9 Å². The normalized spacial score (nSPS) is 15.3. The Labute approximate surface area is 204 Å². The fourth-order valence-electron chi connectivity index (χ4n) is 3.19. The lowest BCUT2D eigenvalue weighted by atomic mass is 9.98. The summed E-state index contributed by atoms with van der Waals surface area (Å²) >= 11 is 0. The number of primary amides is 1. The Bertz CT molecular complexity index is 773. The van der Waals surface area contributed by atoms with Crippen LogP contribution in [0.15, 0.2) is 0 Å². The molecule has 0 saturated heterocycles. The molecule has 4 amide bonds. The molecule has 13 heteroatoms. The lowest BCUT2D eigenvalue weighted by Crippen LogP contribution is -2.58. The highest BCUT2D eigenvalue weighted by Crippen LogP contribution is 2.10. The Morgan fingerprint density at radius 3 is 1.71 bits per heavy atom. The van der Waals surface area contributed by atoms with Gasteiger partial charge in [0.05, 0.1) is 6.04 Å².